The van der Waals surface area contributed by atoms with Gasteiger partial charge in [0.15, 0.2) is 0 Å². The van der Waals surface area contributed by atoms with Gasteiger partial charge in [-0.1, -0.05) is 6.07 Å². The highest BCUT2D eigenvalue weighted by molar-refractivity contribution is 6.59. The number of rotatable bonds is 2. The predicted octanol–water partition coefficient (Wildman–Crippen LogP) is 1.56. The van der Waals surface area contributed by atoms with Crippen molar-refractivity contribution in [1.29, 1.82) is 0 Å². The SMILES string of the molecule is CC(C)(C)OC(=O)n1c(B(O)O)cc2c(-c3cccnc3)cncc21. The summed E-state index contributed by atoms with van der Waals surface area (Å²) in [7, 11) is -1.83. The smallest absolute Gasteiger partial charge is 0.443 e. The monoisotopic (exact) mass is 339 g/mol. The summed E-state index contributed by atoms with van der Waals surface area (Å²) in [6, 6.07) is 5.21. The van der Waals surface area contributed by atoms with Gasteiger partial charge < -0.3 is 14.8 Å². The van der Waals surface area contributed by atoms with Gasteiger partial charge in [-0.15, -0.1) is 0 Å². The minimum atomic E-state index is -1.83. The zero-order valence-corrected chi connectivity index (χ0v) is 14.2. The average molecular weight is 339 g/mol. The molecular weight excluding hydrogens is 321 g/mol. The fourth-order valence-corrected chi connectivity index (χ4v) is 2.59. The van der Waals surface area contributed by atoms with Crippen LogP contribution >= 0.6 is 0 Å². The maximum Gasteiger partial charge on any atom is 0.506 e. The summed E-state index contributed by atoms with van der Waals surface area (Å²) in [5, 5.41) is 20.1. The highest BCUT2D eigenvalue weighted by Crippen LogP contribution is 2.27. The van der Waals surface area contributed by atoms with Crippen LogP contribution in [0.2, 0.25) is 0 Å². The molecule has 3 rings (SSSR count). The second-order valence-corrected chi connectivity index (χ2v) is 6.62. The molecular formula is C17H18BN3O4. The number of carbonyl (C=O) groups is 1. The summed E-state index contributed by atoms with van der Waals surface area (Å²) in [6.07, 6.45) is 5.77. The number of aromatic nitrogens is 3. The van der Waals surface area contributed by atoms with Crippen LogP contribution in [0.25, 0.3) is 22.0 Å². The van der Waals surface area contributed by atoms with Crippen molar-refractivity contribution >= 4 is 29.7 Å². The lowest BCUT2D eigenvalue weighted by Gasteiger charge is -2.20. The van der Waals surface area contributed by atoms with E-state index in [1.165, 1.54) is 6.20 Å². The van der Waals surface area contributed by atoms with E-state index < -0.39 is 18.8 Å². The summed E-state index contributed by atoms with van der Waals surface area (Å²) in [5.41, 5.74) is 1.26. The highest BCUT2D eigenvalue weighted by atomic mass is 16.6. The Bertz CT molecular complexity index is 917. The van der Waals surface area contributed by atoms with Crippen LogP contribution in [-0.2, 0) is 4.74 Å². The van der Waals surface area contributed by atoms with Crippen LogP contribution in [0.4, 0.5) is 4.79 Å². The van der Waals surface area contributed by atoms with E-state index in [4.69, 9.17) is 4.74 Å². The first-order valence-corrected chi connectivity index (χ1v) is 7.77. The van der Waals surface area contributed by atoms with Gasteiger partial charge in [-0.25, -0.2) is 4.79 Å². The molecule has 128 valence electrons. The van der Waals surface area contributed by atoms with E-state index in [0.29, 0.717) is 10.9 Å². The summed E-state index contributed by atoms with van der Waals surface area (Å²) in [6.45, 7) is 5.22. The number of carbonyl (C=O) groups excluding carboxylic acids is 1. The molecule has 0 fully saturated rings. The summed E-state index contributed by atoms with van der Waals surface area (Å²) >= 11 is 0. The van der Waals surface area contributed by atoms with E-state index in [1.54, 1.807) is 51.5 Å². The second-order valence-electron chi connectivity index (χ2n) is 6.62. The van der Waals surface area contributed by atoms with Gasteiger partial charge in [-0.2, -0.15) is 0 Å². The van der Waals surface area contributed by atoms with Crippen molar-refractivity contribution in [2.24, 2.45) is 0 Å². The van der Waals surface area contributed by atoms with Crippen molar-refractivity contribution in [3.8, 4) is 11.1 Å². The summed E-state index contributed by atoms with van der Waals surface area (Å²) in [4.78, 5) is 20.9. The fraction of sp³-hybridized carbons (Fsp3) is 0.235. The Balaban J connectivity index is 2.23. The third kappa shape index (κ3) is 3.40. The maximum absolute atomic E-state index is 12.6. The van der Waals surface area contributed by atoms with Crippen LogP contribution in [0, 0.1) is 0 Å². The number of nitrogens with zero attached hydrogens (tertiary/aromatic N) is 3. The van der Waals surface area contributed by atoms with Crippen LogP contribution in [0.15, 0.2) is 43.0 Å². The molecule has 0 bridgehead atoms. The standard InChI is InChI=1S/C17H18BN3O4/c1-17(2,3)25-16(22)21-14-10-20-9-13(11-5-4-6-19-8-11)12(14)7-15(21)18(23)24/h4-10,23-24H,1-3H3. The molecule has 0 radical (unpaired) electrons. The number of hydrogen-bond acceptors (Lipinski definition) is 6. The van der Waals surface area contributed by atoms with Gasteiger partial charge in [-0.05, 0) is 32.9 Å². The molecule has 8 heteroatoms. The Morgan fingerprint density at radius 3 is 2.56 bits per heavy atom. The largest absolute Gasteiger partial charge is 0.506 e. The van der Waals surface area contributed by atoms with E-state index >= 15 is 0 Å². The Labute approximate surface area is 145 Å². The Hall–Kier alpha value is -2.71. The van der Waals surface area contributed by atoms with Crippen molar-refractivity contribution in [2.45, 2.75) is 26.4 Å². The first kappa shape index (κ1) is 17.1. The molecule has 0 aliphatic heterocycles. The third-order valence-corrected chi connectivity index (χ3v) is 3.57. The summed E-state index contributed by atoms with van der Waals surface area (Å²) in [5.74, 6) is 0. The molecule has 3 heterocycles. The number of ether oxygens (including phenoxy) is 1. The molecule has 0 amide bonds. The molecule has 0 aliphatic rings. The van der Waals surface area contributed by atoms with Crippen molar-refractivity contribution in [3.63, 3.8) is 0 Å². The molecule has 7 nitrogen and oxygen atoms in total. The Morgan fingerprint density at radius 2 is 1.96 bits per heavy atom. The van der Waals surface area contributed by atoms with Gasteiger partial charge in [0.25, 0.3) is 0 Å². The molecule has 0 saturated carbocycles. The third-order valence-electron chi connectivity index (χ3n) is 3.57. The minimum Gasteiger partial charge on any atom is -0.443 e. The van der Waals surface area contributed by atoms with Crippen molar-refractivity contribution < 1.29 is 19.6 Å². The molecule has 25 heavy (non-hydrogen) atoms. The molecule has 0 aliphatic carbocycles. The van der Waals surface area contributed by atoms with Gasteiger partial charge in [-0.3, -0.25) is 14.5 Å². The molecule has 0 aromatic carbocycles. The van der Waals surface area contributed by atoms with Gasteiger partial charge >= 0.3 is 13.2 Å². The van der Waals surface area contributed by atoms with E-state index in [1.807, 2.05) is 6.07 Å². The maximum atomic E-state index is 12.6. The van der Waals surface area contributed by atoms with Crippen LogP contribution in [0.1, 0.15) is 20.8 Å². The van der Waals surface area contributed by atoms with Crippen LogP contribution < -0.4 is 5.59 Å². The Morgan fingerprint density at radius 1 is 1.20 bits per heavy atom. The molecule has 0 saturated heterocycles. The van der Waals surface area contributed by atoms with Crippen LogP contribution in [0.3, 0.4) is 0 Å². The number of fused-ring (bicyclic) bond motifs is 1. The number of hydrogen-bond donors (Lipinski definition) is 2. The molecule has 3 aromatic rings. The lowest BCUT2D eigenvalue weighted by atomic mass is 9.86. The topological polar surface area (TPSA) is 97.5 Å². The lowest BCUT2D eigenvalue weighted by molar-refractivity contribution is 0.0547. The zero-order valence-electron chi connectivity index (χ0n) is 14.2. The zero-order chi connectivity index (χ0) is 18.2. The van der Waals surface area contributed by atoms with Crippen molar-refractivity contribution in [2.75, 3.05) is 0 Å². The molecule has 0 unspecified atom stereocenters. The van der Waals surface area contributed by atoms with Crippen LogP contribution in [0.5, 0.6) is 0 Å². The van der Waals surface area contributed by atoms with Gasteiger partial charge in [0.05, 0.1) is 17.3 Å². The van der Waals surface area contributed by atoms with Gasteiger partial charge in [0, 0.05) is 35.1 Å². The fourth-order valence-electron chi connectivity index (χ4n) is 2.59. The van der Waals surface area contributed by atoms with Crippen molar-refractivity contribution in [1.82, 2.24) is 14.5 Å². The average Bonchev–Trinajstić information content (AvgIpc) is 2.94. The van der Waals surface area contributed by atoms with Gasteiger partial charge in [0.1, 0.15) is 5.60 Å². The first-order chi connectivity index (χ1) is 11.8. The molecule has 0 atom stereocenters. The van der Waals surface area contributed by atoms with Gasteiger partial charge in [0.2, 0.25) is 0 Å². The van der Waals surface area contributed by atoms with E-state index in [0.717, 1.165) is 15.7 Å². The minimum absolute atomic E-state index is 0.0161. The quantitative estimate of drug-likeness (QED) is 0.688. The molecule has 2 N–H and O–H groups in total. The normalized spacial score (nSPS) is 11.6. The van der Waals surface area contributed by atoms with Crippen LogP contribution in [-0.4, -0.2) is 43.4 Å². The first-order valence-electron chi connectivity index (χ1n) is 7.77. The van der Waals surface area contributed by atoms with E-state index in [-0.39, 0.29) is 5.59 Å². The predicted molar refractivity (Wildman–Crippen MR) is 94.4 cm³/mol. The second kappa shape index (κ2) is 6.31. The number of pyridine rings is 2. The highest BCUT2D eigenvalue weighted by Gasteiger charge is 2.28. The Kier molecular flexibility index (Phi) is 4.32. The molecule has 3 aromatic heterocycles. The van der Waals surface area contributed by atoms with E-state index in [2.05, 4.69) is 9.97 Å². The van der Waals surface area contributed by atoms with E-state index in [9.17, 15) is 14.8 Å². The summed E-state index contributed by atoms with van der Waals surface area (Å²) < 4.78 is 6.53. The lowest BCUT2D eigenvalue weighted by Crippen LogP contribution is -2.41. The van der Waals surface area contributed by atoms with Crippen molar-refractivity contribution in [3.05, 3.63) is 43.0 Å². The molecule has 0 spiro atoms.